The number of hydrogen-bond donors (Lipinski definition) is 1. The number of nitrogens with one attached hydrogen (secondary N) is 1. The minimum atomic E-state index is -4.58. The van der Waals surface area contributed by atoms with Gasteiger partial charge < -0.3 is 5.32 Å². The zero-order chi connectivity index (χ0) is 15.0. The summed E-state index contributed by atoms with van der Waals surface area (Å²) in [6.45, 7) is 0. The van der Waals surface area contributed by atoms with Crippen molar-refractivity contribution in [1.82, 2.24) is 5.32 Å². The Morgan fingerprint density at radius 1 is 1.40 bits per heavy atom. The molecule has 2 rings (SSSR count). The Labute approximate surface area is 127 Å². The molecule has 0 bridgehead atoms. The van der Waals surface area contributed by atoms with E-state index < -0.39 is 23.2 Å². The summed E-state index contributed by atoms with van der Waals surface area (Å²) >= 11 is 8.79. The molecule has 1 amide bonds. The number of alkyl halides is 4. The van der Waals surface area contributed by atoms with Crippen molar-refractivity contribution in [3.63, 3.8) is 0 Å². The Bertz CT molecular complexity index is 523. The number of halogens is 5. The van der Waals surface area contributed by atoms with Crippen molar-refractivity contribution in [1.29, 1.82) is 0 Å². The maximum Gasteiger partial charge on any atom is 0.417 e. The van der Waals surface area contributed by atoms with Gasteiger partial charge in [-0.1, -0.05) is 15.9 Å². The van der Waals surface area contributed by atoms with Crippen molar-refractivity contribution in [3.8, 4) is 0 Å². The van der Waals surface area contributed by atoms with Gasteiger partial charge >= 0.3 is 6.18 Å². The van der Waals surface area contributed by atoms with Crippen LogP contribution in [0.4, 0.5) is 13.2 Å². The second-order valence-electron chi connectivity index (χ2n) is 4.91. The molecule has 0 unspecified atom stereocenters. The van der Waals surface area contributed by atoms with E-state index >= 15 is 0 Å². The molecule has 1 saturated carbocycles. The standard InChI is InChI=1S/C13H12BrClF3NO/c14-8-2-3-9(10(6-8)13(16,17)18)11(20)19-12(7-15)4-1-5-12/h2-3,6H,1,4-5,7H2,(H,19,20). The normalized spacial score (nSPS) is 17.4. The lowest BCUT2D eigenvalue weighted by atomic mass is 9.78. The molecule has 0 aliphatic heterocycles. The fraction of sp³-hybridized carbons (Fsp3) is 0.462. The van der Waals surface area contributed by atoms with Crippen molar-refractivity contribution in [2.75, 3.05) is 5.88 Å². The SMILES string of the molecule is O=C(NC1(CCl)CCC1)c1ccc(Br)cc1C(F)(F)F. The van der Waals surface area contributed by atoms with E-state index in [4.69, 9.17) is 11.6 Å². The molecule has 1 aromatic carbocycles. The van der Waals surface area contributed by atoms with E-state index in [0.717, 1.165) is 12.5 Å². The molecule has 1 fully saturated rings. The van der Waals surface area contributed by atoms with Crippen LogP contribution in [-0.2, 0) is 6.18 Å². The highest BCUT2D eigenvalue weighted by atomic mass is 79.9. The lowest BCUT2D eigenvalue weighted by Gasteiger charge is -2.41. The Balaban J connectivity index is 2.30. The molecular formula is C13H12BrClF3NO. The van der Waals surface area contributed by atoms with Gasteiger partial charge in [-0.05, 0) is 37.5 Å². The first-order valence-corrected chi connectivity index (χ1v) is 7.35. The summed E-state index contributed by atoms with van der Waals surface area (Å²) in [5.41, 5.74) is -1.89. The van der Waals surface area contributed by atoms with Crippen LogP contribution in [0.3, 0.4) is 0 Å². The molecule has 7 heteroatoms. The van der Waals surface area contributed by atoms with Crippen LogP contribution in [0.2, 0.25) is 0 Å². The number of carbonyl (C=O) groups is 1. The predicted molar refractivity (Wildman–Crippen MR) is 73.9 cm³/mol. The summed E-state index contributed by atoms with van der Waals surface area (Å²) in [6.07, 6.45) is -2.27. The van der Waals surface area contributed by atoms with Crippen LogP contribution in [0, 0.1) is 0 Å². The Morgan fingerprint density at radius 3 is 2.50 bits per heavy atom. The highest BCUT2D eigenvalue weighted by Crippen LogP contribution is 2.36. The van der Waals surface area contributed by atoms with Crippen molar-refractivity contribution < 1.29 is 18.0 Å². The maximum absolute atomic E-state index is 13.0. The minimum absolute atomic E-state index is 0.205. The molecule has 20 heavy (non-hydrogen) atoms. The molecular weight excluding hydrogens is 358 g/mol. The van der Waals surface area contributed by atoms with Gasteiger partial charge in [-0.3, -0.25) is 4.79 Å². The highest BCUT2D eigenvalue weighted by molar-refractivity contribution is 9.10. The van der Waals surface area contributed by atoms with Crippen molar-refractivity contribution in [2.45, 2.75) is 31.0 Å². The number of hydrogen-bond acceptors (Lipinski definition) is 1. The smallest absolute Gasteiger partial charge is 0.345 e. The average Bonchev–Trinajstić information content (AvgIpc) is 2.32. The Morgan fingerprint density at radius 2 is 2.05 bits per heavy atom. The number of benzene rings is 1. The van der Waals surface area contributed by atoms with Crippen molar-refractivity contribution in [2.24, 2.45) is 0 Å². The zero-order valence-electron chi connectivity index (χ0n) is 10.4. The monoisotopic (exact) mass is 369 g/mol. The summed E-state index contributed by atoms with van der Waals surface area (Å²) in [5, 5.41) is 2.64. The van der Waals surface area contributed by atoms with Gasteiger partial charge in [0.15, 0.2) is 0 Å². The second-order valence-corrected chi connectivity index (χ2v) is 6.09. The van der Waals surface area contributed by atoms with Crippen LogP contribution in [0.25, 0.3) is 0 Å². The molecule has 0 aromatic heterocycles. The molecule has 1 aliphatic rings. The van der Waals surface area contributed by atoms with E-state index in [1.807, 2.05) is 0 Å². The summed E-state index contributed by atoms with van der Waals surface area (Å²) in [7, 11) is 0. The summed E-state index contributed by atoms with van der Waals surface area (Å²) in [6, 6.07) is 3.49. The molecule has 0 heterocycles. The van der Waals surface area contributed by atoms with E-state index in [2.05, 4.69) is 21.2 Å². The first kappa shape index (κ1) is 15.6. The van der Waals surface area contributed by atoms with Gasteiger partial charge in [0, 0.05) is 10.4 Å². The van der Waals surface area contributed by atoms with Gasteiger partial charge in [0.05, 0.1) is 16.7 Å². The molecule has 1 aromatic rings. The molecule has 2 nitrogen and oxygen atoms in total. The van der Waals surface area contributed by atoms with Crippen LogP contribution in [0.1, 0.15) is 35.2 Å². The number of amides is 1. The summed E-state index contributed by atoms with van der Waals surface area (Å²) in [5.74, 6) is -0.526. The molecule has 0 spiro atoms. The molecule has 1 aliphatic carbocycles. The number of rotatable bonds is 3. The van der Waals surface area contributed by atoms with Gasteiger partial charge in [-0.25, -0.2) is 0 Å². The molecule has 1 N–H and O–H groups in total. The Kier molecular flexibility index (Phi) is 4.35. The highest BCUT2D eigenvalue weighted by Gasteiger charge is 2.40. The third kappa shape index (κ3) is 3.11. The topological polar surface area (TPSA) is 29.1 Å². The first-order valence-electron chi connectivity index (χ1n) is 6.03. The predicted octanol–water partition coefficient (Wildman–Crippen LogP) is 4.36. The maximum atomic E-state index is 13.0. The van der Waals surface area contributed by atoms with Gasteiger partial charge in [-0.15, -0.1) is 11.6 Å². The molecule has 0 radical (unpaired) electrons. The Hall–Kier alpha value is -0.750. The average molecular weight is 371 g/mol. The first-order chi connectivity index (χ1) is 9.27. The minimum Gasteiger partial charge on any atom is -0.345 e. The van der Waals surface area contributed by atoms with Crippen molar-refractivity contribution in [3.05, 3.63) is 33.8 Å². The molecule has 0 saturated heterocycles. The third-order valence-electron chi connectivity index (χ3n) is 3.48. The number of carbonyl (C=O) groups excluding carboxylic acids is 1. The van der Waals surface area contributed by atoms with Crippen molar-refractivity contribution >= 4 is 33.4 Å². The third-order valence-corrected chi connectivity index (χ3v) is 4.48. The van der Waals surface area contributed by atoms with E-state index in [9.17, 15) is 18.0 Å². The van der Waals surface area contributed by atoms with Crippen LogP contribution in [0.5, 0.6) is 0 Å². The summed E-state index contributed by atoms with van der Waals surface area (Å²) < 4.78 is 39.2. The van der Waals surface area contributed by atoms with E-state index in [-0.39, 0.29) is 15.9 Å². The second kappa shape index (κ2) is 5.56. The lowest BCUT2D eigenvalue weighted by Crippen LogP contribution is -2.55. The van der Waals surface area contributed by atoms with Crippen LogP contribution < -0.4 is 5.32 Å². The van der Waals surface area contributed by atoms with Gasteiger partial charge in [0.1, 0.15) is 0 Å². The molecule has 0 atom stereocenters. The van der Waals surface area contributed by atoms with Crippen LogP contribution in [0.15, 0.2) is 22.7 Å². The lowest BCUT2D eigenvalue weighted by molar-refractivity contribution is -0.138. The van der Waals surface area contributed by atoms with Crippen LogP contribution >= 0.6 is 27.5 Å². The quantitative estimate of drug-likeness (QED) is 0.787. The van der Waals surface area contributed by atoms with Gasteiger partial charge in [0.25, 0.3) is 5.91 Å². The largest absolute Gasteiger partial charge is 0.417 e. The van der Waals surface area contributed by atoms with Gasteiger partial charge in [0.2, 0.25) is 0 Å². The zero-order valence-corrected chi connectivity index (χ0v) is 12.7. The van der Waals surface area contributed by atoms with Crippen LogP contribution in [-0.4, -0.2) is 17.3 Å². The fourth-order valence-electron chi connectivity index (χ4n) is 2.15. The van der Waals surface area contributed by atoms with E-state index in [0.29, 0.717) is 12.8 Å². The van der Waals surface area contributed by atoms with Gasteiger partial charge in [-0.2, -0.15) is 13.2 Å². The summed E-state index contributed by atoms with van der Waals surface area (Å²) in [4.78, 5) is 12.1. The van der Waals surface area contributed by atoms with E-state index in [1.165, 1.54) is 12.1 Å². The fourth-order valence-corrected chi connectivity index (χ4v) is 2.85. The molecule has 110 valence electrons. The van der Waals surface area contributed by atoms with E-state index in [1.54, 1.807) is 0 Å².